The van der Waals surface area contributed by atoms with E-state index in [9.17, 15) is 14.7 Å². The molecular weight excluding hydrogens is 282 g/mol. The predicted molar refractivity (Wildman–Crippen MR) is 82.8 cm³/mol. The number of hydrogen-bond acceptors (Lipinski definition) is 3. The number of benzene rings is 1. The van der Waals surface area contributed by atoms with Crippen LogP contribution in [0, 0.1) is 12.3 Å². The summed E-state index contributed by atoms with van der Waals surface area (Å²) >= 11 is 0. The summed E-state index contributed by atoms with van der Waals surface area (Å²) in [7, 11) is 0. The van der Waals surface area contributed by atoms with Crippen LogP contribution >= 0.6 is 0 Å². The molecule has 1 fully saturated rings. The Morgan fingerprint density at radius 2 is 1.95 bits per heavy atom. The quantitative estimate of drug-likeness (QED) is 0.811. The molecule has 2 N–H and O–H groups in total. The van der Waals surface area contributed by atoms with E-state index in [0.29, 0.717) is 19.4 Å². The molecule has 1 unspecified atom stereocenters. The highest BCUT2D eigenvalue weighted by atomic mass is 16.5. The molecule has 1 saturated carbocycles. The van der Waals surface area contributed by atoms with E-state index in [4.69, 9.17) is 4.74 Å². The third kappa shape index (κ3) is 4.00. The van der Waals surface area contributed by atoms with Crippen LogP contribution in [0.25, 0.3) is 0 Å². The van der Waals surface area contributed by atoms with Gasteiger partial charge in [0.05, 0.1) is 12.0 Å². The molecule has 22 heavy (non-hydrogen) atoms. The molecule has 0 spiro atoms. The zero-order chi connectivity index (χ0) is 16.2. The Kier molecular flexibility index (Phi) is 5.06. The van der Waals surface area contributed by atoms with E-state index < -0.39 is 11.4 Å². The lowest BCUT2D eigenvalue weighted by molar-refractivity contribution is -0.157. The van der Waals surface area contributed by atoms with Gasteiger partial charge in [-0.25, -0.2) is 0 Å². The first-order chi connectivity index (χ1) is 10.4. The Balaban J connectivity index is 1.76. The van der Waals surface area contributed by atoms with Crippen LogP contribution < -0.4 is 10.1 Å². The van der Waals surface area contributed by atoms with Crippen LogP contribution in [-0.4, -0.2) is 29.6 Å². The normalized spacial score (nSPS) is 17.2. The fourth-order valence-corrected chi connectivity index (χ4v) is 2.59. The Morgan fingerprint density at radius 1 is 1.32 bits per heavy atom. The third-order valence-electron chi connectivity index (χ3n) is 4.21. The van der Waals surface area contributed by atoms with Gasteiger partial charge >= 0.3 is 5.97 Å². The number of rotatable bonds is 7. The van der Waals surface area contributed by atoms with Crippen LogP contribution in [0.3, 0.4) is 0 Å². The predicted octanol–water partition coefficient (Wildman–Crippen LogP) is 2.52. The van der Waals surface area contributed by atoms with Gasteiger partial charge in [0.2, 0.25) is 5.91 Å². The van der Waals surface area contributed by atoms with Crippen molar-refractivity contribution < 1.29 is 19.4 Å². The number of carboxylic acid groups (broad SMARTS) is 1. The Labute approximate surface area is 130 Å². The van der Waals surface area contributed by atoms with Crippen molar-refractivity contribution in [3.05, 3.63) is 29.8 Å². The number of ether oxygens (including phenoxy) is 1. The summed E-state index contributed by atoms with van der Waals surface area (Å²) in [6.07, 6.45) is 1.94. The Morgan fingerprint density at radius 3 is 2.45 bits per heavy atom. The molecule has 0 aliphatic heterocycles. The lowest BCUT2D eigenvalue weighted by atomic mass is 9.66. The topological polar surface area (TPSA) is 75.6 Å². The van der Waals surface area contributed by atoms with Gasteiger partial charge in [-0.2, -0.15) is 0 Å². The smallest absolute Gasteiger partial charge is 0.310 e. The van der Waals surface area contributed by atoms with Crippen LogP contribution in [0.15, 0.2) is 24.3 Å². The SMILES string of the molecule is Cc1ccc(OC(C)CNC(=O)CC2(C(=O)O)CCC2)cc1. The molecule has 5 heteroatoms. The number of hydrogen-bond donors (Lipinski definition) is 2. The molecule has 0 saturated heterocycles. The zero-order valence-electron chi connectivity index (χ0n) is 13.1. The van der Waals surface area contributed by atoms with Crippen LogP contribution in [0.1, 0.15) is 38.2 Å². The van der Waals surface area contributed by atoms with Crippen molar-refractivity contribution in [1.82, 2.24) is 5.32 Å². The maximum Gasteiger partial charge on any atom is 0.310 e. The number of nitrogens with one attached hydrogen (secondary N) is 1. The second-order valence-electron chi connectivity index (χ2n) is 6.16. The molecule has 2 rings (SSSR count). The molecule has 0 bridgehead atoms. The summed E-state index contributed by atoms with van der Waals surface area (Å²) in [4.78, 5) is 23.2. The molecule has 1 amide bonds. The molecule has 0 heterocycles. The van der Waals surface area contributed by atoms with Crippen LogP contribution in [0.2, 0.25) is 0 Å². The maximum absolute atomic E-state index is 11.9. The minimum Gasteiger partial charge on any atom is -0.489 e. The van der Waals surface area contributed by atoms with E-state index in [1.54, 1.807) is 0 Å². The molecule has 1 aliphatic carbocycles. The van der Waals surface area contributed by atoms with Gasteiger partial charge in [0.25, 0.3) is 0 Å². The summed E-state index contributed by atoms with van der Waals surface area (Å²) in [5, 5.41) is 12.0. The van der Waals surface area contributed by atoms with Crippen molar-refractivity contribution in [3.63, 3.8) is 0 Å². The van der Waals surface area contributed by atoms with Crippen molar-refractivity contribution in [2.24, 2.45) is 5.41 Å². The van der Waals surface area contributed by atoms with Gasteiger partial charge in [-0.1, -0.05) is 24.1 Å². The number of aliphatic carboxylic acids is 1. The summed E-state index contributed by atoms with van der Waals surface area (Å²) in [6, 6.07) is 7.71. The van der Waals surface area contributed by atoms with E-state index in [1.165, 1.54) is 0 Å². The summed E-state index contributed by atoms with van der Waals surface area (Å²) in [6.45, 7) is 4.24. The Bertz CT molecular complexity index is 534. The fourth-order valence-electron chi connectivity index (χ4n) is 2.59. The lowest BCUT2D eigenvalue weighted by Gasteiger charge is -2.37. The second kappa shape index (κ2) is 6.81. The molecule has 1 aliphatic rings. The second-order valence-corrected chi connectivity index (χ2v) is 6.16. The first-order valence-electron chi connectivity index (χ1n) is 7.65. The van der Waals surface area contributed by atoms with Gasteiger partial charge in [-0.05, 0) is 38.8 Å². The largest absolute Gasteiger partial charge is 0.489 e. The van der Waals surface area contributed by atoms with Gasteiger partial charge in [-0.15, -0.1) is 0 Å². The molecule has 1 aromatic carbocycles. The average molecular weight is 305 g/mol. The maximum atomic E-state index is 11.9. The molecule has 120 valence electrons. The van der Waals surface area contributed by atoms with Gasteiger partial charge < -0.3 is 15.2 Å². The lowest BCUT2D eigenvalue weighted by Crippen LogP contribution is -2.44. The summed E-state index contributed by atoms with van der Waals surface area (Å²) in [5.74, 6) is -0.326. The molecule has 1 atom stereocenters. The Hall–Kier alpha value is -2.04. The minimum atomic E-state index is -0.863. The highest BCUT2D eigenvalue weighted by Crippen LogP contribution is 2.44. The van der Waals surface area contributed by atoms with E-state index in [2.05, 4.69) is 5.32 Å². The van der Waals surface area contributed by atoms with Crippen molar-refractivity contribution in [2.45, 2.75) is 45.6 Å². The zero-order valence-corrected chi connectivity index (χ0v) is 13.1. The molecular formula is C17H23NO4. The molecule has 5 nitrogen and oxygen atoms in total. The number of carbonyl (C=O) groups is 2. The number of carbonyl (C=O) groups excluding carboxylic acids is 1. The number of carboxylic acids is 1. The van der Waals surface area contributed by atoms with Gasteiger partial charge in [-0.3, -0.25) is 9.59 Å². The molecule has 1 aromatic rings. The monoisotopic (exact) mass is 305 g/mol. The number of amides is 1. The average Bonchev–Trinajstić information content (AvgIpc) is 2.43. The van der Waals surface area contributed by atoms with E-state index in [1.807, 2.05) is 38.1 Å². The van der Waals surface area contributed by atoms with Crippen molar-refractivity contribution in [2.75, 3.05) is 6.54 Å². The standard InChI is InChI=1S/C17H23NO4/c1-12-4-6-14(7-5-12)22-13(2)11-18-15(19)10-17(16(20)21)8-3-9-17/h4-7,13H,3,8-11H2,1-2H3,(H,18,19)(H,20,21). The highest BCUT2D eigenvalue weighted by Gasteiger charge is 2.45. The van der Waals surface area contributed by atoms with E-state index in [-0.39, 0.29) is 18.4 Å². The molecule has 0 aromatic heterocycles. The summed E-state index contributed by atoms with van der Waals surface area (Å²) in [5.41, 5.74) is 0.318. The van der Waals surface area contributed by atoms with Crippen LogP contribution in [0.4, 0.5) is 0 Å². The van der Waals surface area contributed by atoms with Gasteiger partial charge in [0.15, 0.2) is 0 Å². The first kappa shape index (κ1) is 16.3. The van der Waals surface area contributed by atoms with E-state index >= 15 is 0 Å². The molecule has 0 radical (unpaired) electrons. The number of aryl methyl sites for hydroxylation is 1. The van der Waals surface area contributed by atoms with Crippen LogP contribution in [0.5, 0.6) is 5.75 Å². The van der Waals surface area contributed by atoms with Crippen molar-refractivity contribution in [3.8, 4) is 5.75 Å². The minimum absolute atomic E-state index is 0.0551. The van der Waals surface area contributed by atoms with Gasteiger partial charge in [0, 0.05) is 6.42 Å². The van der Waals surface area contributed by atoms with Crippen molar-refractivity contribution in [1.29, 1.82) is 0 Å². The van der Waals surface area contributed by atoms with E-state index in [0.717, 1.165) is 17.7 Å². The van der Waals surface area contributed by atoms with Crippen LogP contribution in [-0.2, 0) is 9.59 Å². The highest BCUT2D eigenvalue weighted by molar-refractivity contribution is 5.85. The first-order valence-corrected chi connectivity index (χ1v) is 7.65. The summed E-state index contributed by atoms with van der Waals surface area (Å²) < 4.78 is 5.71. The fraction of sp³-hybridized carbons (Fsp3) is 0.529. The van der Waals surface area contributed by atoms with Gasteiger partial charge in [0.1, 0.15) is 11.9 Å². The van der Waals surface area contributed by atoms with Crippen molar-refractivity contribution >= 4 is 11.9 Å². The third-order valence-corrected chi connectivity index (χ3v) is 4.21.